The highest BCUT2D eigenvalue weighted by Crippen LogP contribution is 2.69. The summed E-state index contributed by atoms with van der Waals surface area (Å²) in [5, 5.41) is 0. The molecular weight excluding hydrogens is 168 g/mol. The van der Waals surface area contributed by atoms with Gasteiger partial charge in [-0.3, -0.25) is 0 Å². The molecule has 0 amide bonds. The van der Waals surface area contributed by atoms with Crippen molar-refractivity contribution < 1.29 is 0 Å². The van der Waals surface area contributed by atoms with E-state index in [2.05, 4.69) is 19.1 Å². The molecule has 4 fully saturated rings. The van der Waals surface area contributed by atoms with Crippen LogP contribution < -0.4 is 0 Å². The summed E-state index contributed by atoms with van der Waals surface area (Å²) in [4.78, 5) is 0. The third kappa shape index (κ3) is 0.816. The van der Waals surface area contributed by atoms with Gasteiger partial charge < -0.3 is 0 Å². The van der Waals surface area contributed by atoms with Crippen molar-refractivity contribution in [1.29, 1.82) is 0 Å². The van der Waals surface area contributed by atoms with Crippen LogP contribution in [0.1, 0.15) is 45.4 Å². The summed E-state index contributed by atoms with van der Waals surface area (Å²) in [7, 11) is 0. The number of hydrogen-bond donors (Lipinski definition) is 0. The Hall–Kier alpha value is -0.260. The Kier molecular flexibility index (Phi) is 1.21. The fraction of sp³-hybridized carbons (Fsp3) is 0.857. The lowest BCUT2D eigenvalue weighted by Gasteiger charge is -2.59. The lowest BCUT2D eigenvalue weighted by molar-refractivity contribution is -0.0845. The smallest absolute Gasteiger partial charge is 0.00900 e. The Bertz CT molecular complexity index is 269. The van der Waals surface area contributed by atoms with Gasteiger partial charge in [0.25, 0.3) is 0 Å². The van der Waals surface area contributed by atoms with E-state index >= 15 is 0 Å². The molecule has 0 atom stereocenters. The molecule has 0 saturated heterocycles. The molecule has 5 rings (SSSR count). The van der Waals surface area contributed by atoms with Crippen molar-refractivity contribution in [3.05, 3.63) is 12.2 Å². The summed E-state index contributed by atoms with van der Waals surface area (Å²) >= 11 is 0. The van der Waals surface area contributed by atoms with E-state index < -0.39 is 0 Å². The Labute approximate surface area is 86.8 Å². The maximum absolute atomic E-state index is 2.49. The van der Waals surface area contributed by atoms with E-state index in [1.807, 2.05) is 0 Å². The van der Waals surface area contributed by atoms with Crippen LogP contribution in [0.3, 0.4) is 0 Å². The molecule has 0 heterocycles. The van der Waals surface area contributed by atoms with Gasteiger partial charge in [0.1, 0.15) is 0 Å². The van der Waals surface area contributed by atoms with Crippen LogP contribution in [0.4, 0.5) is 0 Å². The SMILES string of the molecule is CC1(C23CC4CC(CC(C4)C2)C3)C=C1. The molecule has 0 aromatic heterocycles. The first-order valence-corrected chi connectivity index (χ1v) is 6.40. The average molecular weight is 188 g/mol. The van der Waals surface area contributed by atoms with Crippen LogP contribution in [0.25, 0.3) is 0 Å². The largest absolute Gasteiger partial charge is 0.0774 e. The molecule has 0 aromatic rings. The Balaban J connectivity index is 1.74. The van der Waals surface area contributed by atoms with E-state index in [1.54, 1.807) is 38.5 Å². The summed E-state index contributed by atoms with van der Waals surface area (Å²) in [5.41, 5.74) is 1.30. The van der Waals surface area contributed by atoms with Gasteiger partial charge in [0.15, 0.2) is 0 Å². The Morgan fingerprint density at radius 3 is 1.64 bits per heavy atom. The van der Waals surface area contributed by atoms with Crippen molar-refractivity contribution in [2.24, 2.45) is 28.6 Å². The van der Waals surface area contributed by atoms with Crippen molar-refractivity contribution in [3.8, 4) is 0 Å². The maximum atomic E-state index is 2.49. The fourth-order valence-electron chi connectivity index (χ4n) is 5.25. The van der Waals surface area contributed by atoms with Gasteiger partial charge in [-0.2, -0.15) is 0 Å². The summed E-state index contributed by atoms with van der Waals surface area (Å²) < 4.78 is 0. The molecule has 4 saturated carbocycles. The molecule has 4 bridgehead atoms. The molecule has 0 spiro atoms. The van der Waals surface area contributed by atoms with E-state index in [9.17, 15) is 0 Å². The second-order valence-corrected chi connectivity index (χ2v) is 6.81. The van der Waals surface area contributed by atoms with Gasteiger partial charge >= 0.3 is 0 Å². The molecular formula is C14H20. The summed E-state index contributed by atoms with van der Waals surface area (Å²) in [5.74, 6) is 3.33. The van der Waals surface area contributed by atoms with Crippen molar-refractivity contribution in [2.45, 2.75) is 45.4 Å². The molecule has 5 aliphatic carbocycles. The predicted molar refractivity (Wildman–Crippen MR) is 57.9 cm³/mol. The Morgan fingerprint density at radius 1 is 0.857 bits per heavy atom. The number of allylic oxidation sites excluding steroid dienone is 2. The van der Waals surface area contributed by atoms with Gasteiger partial charge in [-0.1, -0.05) is 19.1 Å². The molecule has 0 N–H and O–H groups in total. The van der Waals surface area contributed by atoms with Crippen molar-refractivity contribution in [3.63, 3.8) is 0 Å². The second-order valence-electron chi connectivity index (χ2n) is 6.81. The first-order chi connectivity index (χ1) is 6.69. The van der Waals surface area contributed by atoms with Gasteiger partial charge in [0.05, 0.1) is 0 Å². The molecule has 5 aliphatic rings. The summed E-state index contributed by atoms with van der Waals surface area (Å²) in [6.07, 6.45) is 14.4. The average Bonchev–Trinajstić information content (AvgIpc) is 2.82. The molecule has 0 aliphatic heterocycles. The van der Waals surface area contributed by atoms with Gasteiger partial charge in [-0.25, -0.2) is 0 Å². The Morgan fingerprint density at radius 2 is 1.29 bits per heavy atom. The van der Waals surface area contributed by atoms with Crippen molar-refractivity contribution >= 4 is 0 Å². The third-order valence-electron chi connectivity index (χ3n) is 5.85. The highest BCUT2D eigenvalue weighted by atomic mass is 14.6. The number of hydrogen-bond acceptors (Lipinski definition) is 0. The van der Waals surface area contributed by atoms with Gasteiger partial charge in [0.2, 0.25) is 0 Å². The minimum Gasteiger partial charge on any atom is -0.0774 e. The monoisotopic (exact) mass is 188 g/mol. The van der Waals surface area contributed by atoms with Crippen LogP contribution in [-0.2, 0) is 0 Å². The van der Waals surface area contributed by atoms with Gasteiger partial charge in [-0.15, -0.1) is 0 Å². The summed E-state index contributed by atoms with van der Waals surface area (Å²) in [6.45, 7) is 2.49. The predicted octanol–water partition coefficient (Wildman–Crippen LogP) is 3.78. The van der Waals surface area contributed by atoms with Crippen LogP contribution in [0, 0.1) is 28.6 Å². The minimum atomic E-state index is 0.559. The number of rotatable bonds is 1. The van der Waals surface area contributed by atoms with Crippen LogP contribution in [0.5, 0.6) is 0 Å². The topological polar surface area (TPSA) is 0 Å². The van der Waals surface area contributed by atoms with Crippen LogP contribution in [0.15, 0.2) is 12.2 Å². The normalized spacial score (nSPS) is 56.5. The zero-order chi connectivity index (χ0) is 9.39. The van der Waals surface area contributed by atoms with E-state index in [0.29, 0.717) is 5.41 Å². The first kappa shape index (κ1) is 7.96. The van der Waals surface area contributed by atoms with Gasteiger partial charge in [-0.05, 0) is 61.7 Å². The second kappa shape index (κ2) is 2.13. The lowest BCUT2D eigenvalue weighted by Crippen LogP contribution is -2.50. The maximum Gasteiger partial charge on any atom is 0.00900 e. The minimum absolute atomic E-state index is 0.559. The van der Waals surface area contributed by atoms with Crippen molar-refractivity contribution in [1.82, 2.24) is 0 Å². The van der Waals surface area contributed by atoms with Crippen molar-refractivity contribution in [2.75, 3.05) is 0 Å². The zero-order valence-electron chi connectivity index (χ0n) is 9.13. The molecule has 0 radical (unpaired) electrons. The van der Waals surface area contributed by atoms with Crippen LogP contribution in [-0.4, -0.2) is 0 Å². The molecule has 76 valence electrons. The first-order valence-electron chi connectivity index (χ1n) is 6.40. The van der Waals surface area contributed by atoms with Crippen LogP contribution >= 0.6 is 0 Å². The molecule has 0 unspecified atom stereocenters. The molecule has 14 heavy (non-hydrogen) atoms. The quantitative estimate of drug-likeness (QED) is 0.549. The third-order valence-corrected chi connectivity index (χ3v) is 5.85. The standard InChI is InChI=1S/C14H20/c1-13(2-3-13)14-7-10-4-11(8-14)6-12(5-10)9-14/h2-3,10-12H,4-9H2,1H3. The molecule has 0 heteroatoms. The van der Waals surface area contributed by atoms with E-state index in [1.165, 1.54) is 0 Å². The fourth-order valence-corrected chi connectivity index (χ4v) is 5.25. The molecule has 0 aromatic carbocycles. The van der Waals surface area contributed by atoms with E-state index in [4.69, 9.17) is 0 Å². The molecule has 0 nitrogen and oxygen atoms in total. The van der Waals surface area contributed by atoms with E-state index in [-0.39, 0.29) is 0 Å². The van der Waals surface area contributed by atoms with E-state index in [0.717, 1.165) is 23.2 Å². The zero-order valence-corrected chi connectivity index (χ0v) is 9.13. The highest BCUT2D eigenvalue weighted by Gasteiger charge is 2.59. The highest BCUT2D eigenvalue weighted by molar-refractivity contribution is 5.32. The van der Waals surface area contributed by atoms with Crippen LogP contribution in [0.2, 0.25) is 0 Å². The lowest BCUT2D eigenvalue weighted by atomic mass is 9.45. The summed E-state index contributed by atoms with van der Waals surface area (Å²) in [6, 6.07) is 0. The van der Waals surface area contributed by atoms with Gasteiger partial charge in [0, 0.05) is 5.41 Å².